The number of carboxylic acids is 1. The van der Waals surface area contributed by atoms with E-state index in [1.54, 1.807) is 6.07 Å². The molecule has 114 valence electrons. The fourth-order valence-electron chi connectivity index (χ4n) is 2.50. The molecule has 7 nitrogen and oxygen atoms in total. The van der Waals surface area contributed by atoms with Crippen LogP contribution >= 0.6 is 0 Å². The lowest BCUT2D eigenvalue weighted by atomic mass is 9.86. The Hall–Kier alpha value is -2.31. The smallest absolute Gasteiger partial charge is 0.311 e. The van der Waals surface area contributed by atoms with Crippen molar-refractivity contribution in [3.63, 3.8) is 0 Å². The maximum atomic E-state index is 11.7. The molecule has 0 bridgehead atoms. The highest BCUT2D eigenvalue weighted by molar-refractivity contribution is 5.94. The van der Waals surface area contributed by atoms with Crippen LogP contribution < -0.4 is 10.6 Å². The van der Waals surface area contributed by atoms with Crippen LogP contribution in [0.15, 0.2) is 22.8 Å². The summed E-state index contributed by atoms with van der Waals surface area (Å²) in [7, 11) is 0. The molecule has 0 radical (unpaired) electrons. The first-order chi connectivity index (χ1) is 10.0. The fraction of sp³-hybridized carbons (Fsp3) is 0.500. The highest BCUT2D eigenvalue weighted by Crippen LogP contribution is 2.37. The van der Waals surface area contributed by atoms with Gasteiger partial charge >= 0.3 is 5.97 Å². The van der Waals surface area contributed by atoms with Crippen molar-refractivity contribution in [3.8, 4) is 0 Å². The highest BCUT2D eigenvalue weighted by atomic mass is 16.4. The summed E-state index contributed by atoms with van der Waals surface area (Å²) in [5, 5.41) is 14.3. The van der Waals surface area contributed by atoms with Crippen molar-refractivity contribution in [1.29, 1.82) is 0 Å². The van der Waals surface area contributed by atoms with Gasteiger partial charge in [-0.3, -0.25) is 14.4 Å². The molecule has 21 heavy (non-hydrogen) atoms. The van der Waals surface area contributed by atoms with Crippen LogP contribution in [-0.2, 0) is 9.59 Å². The van der Waals surface area contributed by atoms with Crippen LogP contribution in [0, 0.1) is 5.41 Å². The number of rotatable bonds is 6. The lowest BCUT2D eigenvalue weighted by Crippen LogP contribution is -2.44. The first-order valence-electron chi connectivity index (χ1n) is 6.85. The van der Waals surface area contributed by atoms with Crippen LogP contribution in [0.2, 0.25) is 0 Å². The van der Waals surface area contributed by atoms with Gasteiger partial charge in [0.05, 0.1) is 18.2 Å². The van der Waals surface area contributed by atoms with Gasteiger partial charge in [-0.1, -0.05) is 12.8 Å². The van der Waals surface area contributed by atoms with Crippen molar-refractivity contribution >= 4 is 17.8 Å². The van der Waals surface area contributed by atoms with E-state index in [0.717, 1.165) is 12.8 Å². The number of hydrogen-bond acceptors (Lipinski definition) is 4. The van der Waals surface area contributed by atoms with Gasteiger partial charge in [-0.05, 0) is 25.0 Å². The van der Waals surface area contributed by atoms with Gasteiger partial charge in [-0.15, -0.1) is 0 Å². The minimum absolute atomic E-state index is 0.0950. The number of aliphatic carboxylic acids is 1. The molecule has 0 unspecified atom stereocenters. The van der Waals surface area contributed by atoms with Gasteiger partial charge in [0.15, 0.2) is 5.76 Å². The Labute approximate surface area is 121 Å². The number of furan rings is 1. The summed E-state index contributed by atoms with van der Waals surface area (Å²) in [5.74, 6) is -1.65. The molecular formula is C14H18N2O5. The molecule has 1 fully saturated rings. The van der Waals surface area contributed by atoms with E-state index in [4.69, 9.17) is 4.42 Å². The zero-order valence-corrected chi connectivity index (χ0v) is 11.6. The lowest BCUT2D eigenvalue weighted by molar-refractivity contribution is -0.148. The van der Waals surface area contributed by atoms with Gasteiger partial charge in [0, 0.05) is 6.54 Å². The summed E-state index contributed by atoms with van der Waals surface area (Å²) in [6.45, 7) is -0.118. The molecular weight excluding hydrogens is 276 g/mol. The molecule has 3 N–H and O–H groups in total. The van der Waals surface area contributed by atoms with Crippen LogP contribution in [0.3, 0.4) is 0 Å². The van der Waals surface area contributed by atoms with Gasteiger partial charge in [-0.2, -0.15) is 0 Å². The van der Waals surface area contributed by atoms with Gasteiger partial charge in [-0.25, -0.2) is 0 Å². The van der Waals surface area contributed by atoms with Crippen molar-refractivity contribution in [3.05, 3.63) is 24.2 Å². The van der Waals surface area contributed by atoms with Gasteiger partial charge < -0.3 is 20.2 Å². The van der Waals surface area contributed by atoms with Crippen LogP contribution in [0.25, 0.3) is 0 Å². The van der Waals surface area contributed by atoms with Crippen LogP contribution in [0.5, 0.6) is 0 Å². The number of nitrogens with one attached hydrogen (secondary N) is 2. The molecule has 2 rings (SSSR count). The molecule has 0 spiro atoms. The number of carbonyl (C=O) groups is 3. The predicted octanol–water partition coefficient (Wildman–Crippen LogP) is 0.771. The summed E-state index contributed by atoms with van der Waals surface area (Å²) in [4.78, 5) is 34.6. The normalized spacial score (nSPS) is 16.4. The Morgan fingerprint density at radius 2 is 1.95 bits per heavy atom. The maximum absolute atomic E-state index is 11.7. The Kier molecular flexibility index (Phi) is 4.62. The SMILES string of the molecule is O=C(CNC(=O)c1ccco1)NCC1(C(=O)O)CCCC1. The number of carbonyl (C=O) groups excluding carboxylic acids is 2. The van der Waals surface area contributed by atoms with Crippen molar-refractivity contribution in [2.24, 2.45) is 5.41 Å². The van der Waals surface area contributed by atoms with Gasteiger partial charge in [0.25, 0.3) is 5.91 Å². The molecule has 1 aromatic heterocycles. The first kappa shape index (κ1) is 15.1. The van der Waals surface area contributed by atoms with Gasteiger partial charge in [0.1, 0.15) is 0 Å². The van der Waals surface area contributed by atoms with Crippen molar-refractivity contribution < 1.29 is 23.9 Å². The van der Waals surface area contributed by atoms with Crippen molar-refractivity contribution in [1.82, 2.24) is 10.6 Å². The molecule has 7 heteroatoms. The third kappa shape index (κ3) is 3.62. The Balaban J connectivity index is 1.77. The molecule has 0 aliphatic heterocycles. The molecule has 1 aliphatic carbocycles. The molecule has 1 saturated carbocycles. The Morgan fingerprint density at radius 3 is 2.52 bits per heavy atom. The Bertz CT molecular complexity index is 517. The van der Waals surface area contributed by atoms with E-state index in [1.165, 1.54) is 12.3 Å². The van der Waals surface area contributed by atoms with E-state index in [-0.39, 0.29) is 18.8 Å². The van der Waals surface area contributed by atoms with Crippen molar-refractivity contribution in [2.45, 2.75) is 25.7 Å². The standard InChI is InChI=1S/C14H18N2O5/c17-11(8-15-12(18)10-4-3-7-21-10)16-9-14(13(19)20)5-1-2-6-14/h3-4,7H,1-2,5-6,8-9H2,(H,15,18)(H,16,17)(H,19,20). The van der Waals surface area contributed by atoms with E-state index in [2.05, 4.69) is 10.6 Å². The van der Waals surface area contributed by atoms with E-state index < -0.39 is 23.2 Å². The maximum Gasteiger partial charge on any atom is 0.311 e. The predicted molar refractivity (Wildman–Crippen MR) is 72.6 cm³/mol. The molecule has 0 saturated heterocycles. The number of carboxylic acid groups (broad SMARTS) is 1. The lowest BCUT2D eigenvalue weighted by Gasteiger charge is -2.23. The van der Waals surface area contributed by atoms with E-state index in [0.29, 0.717) is 12.8 Å². The summed E-state index contributed by atoms with van der Waals surface area (Å²) in [6, 6.07) is 3.07. The second-order valence-electron chi connectivity index (χ2n) is 5.23. The molecule has 1 aromatic rings. The summed E-state index contributed by atoms with van der Waals surface area (Å²) < 4.78 is 4.89. The highest BCUT2D eigenvalue weighted by Gasteiger charge is 2.41. The summed E-state index contributed by atoms with van der Waals surface area (Å²) in [6.07, 6.45) is 4.23. The number of hydrogen-bond donors (Lipinski definition) is 3. The first-order valence-corrected chi connectivity index (χ1v) is 6.85. The third-order valence-electron chi connectivity index (χ3n) is 3.79. The zero-order chi connectivity index (χ0) is 15.3. The molecule has 2 amide bonds. The average molecular weight is 294 g/mol. The van der Waals surface area contributed by atoms with E-state index in [9.17, 15) is 19.5 Å². The minimum Gasteiger partial charge on any atom is -0.481 e. The quantitative estimate of drug-likeness (QED) is 0.718. The molecule has 0 aromatic carbocycles. The van der Waals surface area contributed by atoms with Crippen molar-refractivity contribution in [2.75, 3.05) is 13.1 Å². The van der Waals surface area contributed by atoms with Gasteiger partial charge in [0.2, 0.25) is 5.91 Å². The average Bonchev–Trinajstić information content (AvgIpc) is 3.13. The molecule has 1 heterocycles. The Morgan fingerprint density at radius 1 is 1.24 bits per heavy atom. The number of amides is 2. The molecule has 1 aliphatic rings. The monoisotopic (exact) mass is 294 g/mol. The van der Waals surface area contributed by atoms with Crippen LogP contribution in [0.4, 0.5) is 0 Å². The minimum atomic E-state index is -0.875. The van der Waals surface area contributed by atoms with E-state index >= 15 is 0 Å². The summed E-state index contributed by atoms with van der Waals surface area (Å²) in [5.41, 5.74) is -0.860. The third-order valence-corrected chi connectivity index (χ3v) is 3.79. The second kappa shape index (κ2) is 6.43. The summed E-state index contributed by atoms with van der Waals surface area (Å²) >= 11 is 0. The second-order valence-corrected chi connectivity index (χ2v) is 5.23. The largest absolute Gasteiger partial charge is 0.481 e. The van der Waals surface area contributed by atoms with E-state index in [1.807, 2.05) is 0 Å². The van der Waals surface area contributed by atoms with Crippen LogP contribution in [0.1, 0.15) is 36.2 Å². The zero-order valence-electron chi connectivity index (χ0n) is 11.6. The van der Waals surface area contributed by atoms with Crippen LogP contribution in [-0.4, -0.2) is 36.0 Å². The fourth-order valence-corrected chi connectivity index (χ4v) is 2.50. The molecule has 0 atom stereocenters. The topological polar surface area (TPSA) is 109 Å².